The van der Waals surface area contributed by atoms with Gasteiger partial charge in [-0.2, -0.15) is 17.6 Å². The molecule has 10 heteroatoms. The van der Waals surface area contributed by atoms with Crippen LogP contribution in [0.3, 0.4) is 0 Å². The van der Waals surface area contributed by atoms with Gasteiger partial charge in [0.25, 0.3) is 0 Å². The first-order valence-electron chi connectivity index (χ1n) is 7.39. The Morgan fingerprint density at radius 1 is 0.500 bits per heavy atom. The number of halogens is 8. The maximum atomic E-state index is 13.7. The summed E-state index contributed by atoms with van der Waals surface area (Å²) in [5, 5.41) is 0. The quantitative estimate of drug-likeness (QED) is 0.339. The van der Waals surface area contributed by atoms with Crippen molar-refractivity contribution in [3.63, 3.8) is 0 Å². The number of rotatable bonds is 7. The van der Waals surface area contributed by atoms with E-state index in [4.69, 9.17) is 0 Å². The van der Waals surface area contributed by atoms with Crippen molar-refractivity contribution < 1.29 is 44.6 Å². The van der Waals surface area contributed by atoms with E-state index in [2.05, 4.69) is 22.6 Å². The highest BCUT2D eigenvalue weighted by Gasteiger charge is 2.27. The molecule has 0 saturated heterocycles. The van der Waals surface area contributed by atoms with E-state index >= 15 is 0 Å². The Morgan fingerprint density at radius 3 is 0.964 bits per heavy atom. The van der Waals surface area contributed by atoms with Crippen LogP contribution in [-0.2, 0) is 0 Å². The zero-order valence-electron chi connectivity index (χ0n) is 13.8. The third kappa shape index (κ3) is 3.54. The molecule has 0 spiro atoms. The van der Waals surface area contributed by atoms with E-state index in [1.165, 1.54) is 0 Å². The molecule has 0 amide bonds. The molecule has 2 rings (SSSR count). The summed E-state index contributed by atoms with van der Waals surface area (Å²) in [5.74, 6) is -17.5. The van der Waals surface area contributed by atoms with Crippen LogP contribution in [-0.4, -0.2) is 13.2 Å². The molecule has 0 aliphatic carbocycles. The van der Waals surface area contributed by atoms with E-state index in [-0.39, 0.29) is 0 Å². The molecule has 0 heterocycles. The Bertz CT molecular complexity index is 820. The monoisotopic (exact) mass is 410 g/mol. The molecule has 0 aliphatic heterocycles. The molecule has 0 bridgehead atoms. The fourth-order valence-electron chi connectivity index (χ4n) is 2.16. The summed E-state index contributed by atoms with van der Waals surface area (Å²) in [6, 6.07) is 0. The predicted octanol–water partition coefficient (Wildman–Crippen LogP) is 5.54. The highest BCUT2D eigenvalue weighted by molar-refractivity contribution is 5.52. The van der Waals surface area contributed by atoms with Gasteiger partial charge in [0.05, 0.1) is 11.1 Å². The predicted molar refractivity (Wildman–Crippen MR) is 83.7 cm³/mol. The number of ether oxygens (including phenoxy) is 2. The average molecular weight is 410 g/mol. The van der Waals surface area contributed by atoms with E-state index in [0.717, 1.165) is 0 Å². The minimum atomic E-state index is -1.88. The number of hydrogen-bond acceptors (Lipinski definition) is 2. The van der Waals surface area contributed by atoms with Crippen molar-refractivity contribution >= 4 is 12.2 Å². The van der Waals surface area contributed by atoms with Crippen molar-refractivity contribution in [2.24, 2.45) is 0 Å². The SMILES string of the molecule is C=Cc1c(F)c(F)c(OCCOc2c(F)c(F)c(C=C)c(F)c2F)c(F)c1F. The summed E-state index contributed by atoms with van der Waals surface area (Å²) in [6.07, 6.45) is 1.09. The molecule has 0 fully saturated rings. The fourth-order valence-corrected chi connectivity index (χ4v) is 2.16. The number of hydrogen-bond donors (Lipinski definition) is 0. The lowest BCUT2D eigenvalue weighted by Gasteiger charge is -2.13. The van der Waals surface area contributed by atoms with Crippen LogP contribution in [0.15, 0.2) is 13.2 Å². The molecular weight excluding hydrogens is 400 g/mol. The van der Waals surface area contributed by atoms with Crippen molar-refractivity contribution in [3.05, 3.63) is 70.8 Å². The van der Waals surface area contributed by atoms with E-state index < -0.39 is 82.4 Å². The molecule has 0 aliphatic rings. The zero-order chi connectivity index (χ0) is 21.2. The van der Waals surface area contributed by atoms with Crippen molar-refractivity contribution in [3.8, 4) is 11.5 Å². The lowest BCUT2D eigenvalue weighted by atomic mass is 10.1. The second-order valence-electron chi connectivity index (χ2n) is 5.10. The zero-order valence-corrected chi connectivity index (χ0v) is 13.8. The fraction of sp³-hybridized carbons (Fsp3) is 0.111. The first-order valence-corrected chi connectivity index (χ1v) is 7.39. The standard InChI is InChI=1S/C18H10F8O2/c1-3-7-9(19)13(23)17(14(24)10(7)20)27-5-6-28-18-15(25)11(21)8(4-2)12(22)16(18)26/h3-4H,1-2,5-6H2. The summed E-state index contributed by atoms with van der Waals surface area (Å²) in [4.78, 5) is 0. The van der Waals surface area contributed by atoms with Crippen LogP contribution in [0.4, 0.5) is 35.1 Å². The largest absolute Gasteiger partial charge is 0.484 e. The molecular formula is C18H10F8O2. The molecule has 2 nitrogen and oxygen atoms in total. The Kier molecular flexibility index (Phi) is 6.32. The van der Waals surface area contributed by atoms with E-state index in [1.54, 1.807) is 0 Å². The van der Waals surface area contributed by atoms with E-state index in [1.807, 2.05) is 0 Å². The first kappa shape index (κ1) is 21.3. The summed E-state index contributed by atoms with van der Waals surface area (Å²) >= 11 is 0. The molecule has 0 radical (unpaired) electrons. The van der Waals surface area contributed by atoms with Gasteiger partial charge in [-0.1, -0.05) is 25.3 Å². The molecule has 0 atom stereocenters. The molecule has 0 saturated carbocycles. The maximum Gasteiger partial charge on any atom is 0.204 e. The van der Waals surface area contributed by atoms with Gasteiger partial charge in [-0.15, -0.1) is 0 Å². The topological polar surface area (TPSA) is 18.5 Å². The average Bonchev–Trinajstić information content (AvgIpc) is 2.67. The third-order valence-corrected chi connectivity index (χ3v) is 3.50. The van der Waals surface area contributed by atoms with Gasteiger partial charge in [0.1, 0.15) is 13.2 Å². The lowest BCUT2D eigenvalue weighted by Crippen LogP contribution is -2.15. The van der Waals surface area contributed by atoms with Crippen molar-refractivity contribution in [2.45, 2.75) is 0 Å². The highest BCUT2D eigenvalue weighted by Crippen LogP contribution is 2.32. The van der Waals surface area contributed by atoms with Gasteiger partial charge in [0.2, 0.25) is 23.3 Å². The normalized spacial score (nSPS) is 10.7. The second kappa shape index (κ2) is 8.32. The van der Waals surface area contributed by atoms with Gasteiger partial charge >= 0.3 is 0 Å². The van der Waals surface area contributed by atoms with Crippen molar-refractivity contribution in [1.29, 1.82) is 0 Å². The third-order valence-electron chi connectivity index (χ3n) is 3.50. The molecule has 0 N–H and O–H groups in total. The van der Waals surface area contributed by atoms with Gasteiger partial charge in [-0.3, -0.25) is 0 Å². The van der Waals surface area contributed by atoms with E-state index in [0.29, 0.717) is 12.2 Å². The second-order valence-corrected chi connectivity index (χ2v) is 5.10. The van der Waals surface area contributed by atoms with Gasteiger partial charge in [-0.05, 0) is 0 Å². The van der Waals surface area contributed by atoms with Crippen LogP contribution in [0.2, 0.25) is 0 Å². The van der Waals surface area contributed by atoms with Crippen LogP contribution < -0.4 is 9.47 Å². The van der Waals surface area contributed by atoms with Gasteiger partial charge in [0, 0.05) is 0 Å². The van der Waals surface area contributed by atoms with Gasteiger partial charge in [0.15, 0.2) is 34.8 Å². The molecule has 0 aromatic heterocycles. The summed E-state index contributed by atoms with van der Waals surface area (Å²) in [7, 11) is 0. The Balaban J connectivity index is 2.19. The minimum Gasteiger partial charge on any atom is -0.484 e. The van der Waals surface area contributed by atoms with Crippen LogP contribution in [0, 0.1) is 46.5 Å². The van der Waals surface area contributed by atoms with Crippen LogP contribution in [0.5, 0.6) is 11.5 Å². The maximum absolute atomic E-state index is 13.7. The first-order chi connectivity index (χ1) is 13.2. The molecule has 150 valence electrons. The van der Waals surface area contributed by atoms with Crippen LogP contribution >= 0.6 is 0 Å². The van der Waals surface area contributed by atoms with Crippen LogP contribution in [0.1, 0.15) is 11.1 Å². The Labute approximate surface area is 153 Å². The molecule has 0 unspecified atom stereocenters. The minimum absolute atomic E-state index is 0.547. The Hall–Kier alpha value is -3.04. The Morgan fingerprint density at radius 2 is 0.750 bits per heavy atom. The summed E-state index contributed by atoms with van der Waals surface area (Å²) in [5.41, 5.74) is -2.12. The highest BCUT2D eigenvalue weighted by atomic mass is 19.2. The summed E-state index contributed by atoms with van der Waals surface area (Å²) < 4.78 is 118. The lowest BCUT2D eigenvalue weighted by molar-refractivity contribution is 0.188. The summed E-state index contributed by atoms with van der Waals surface area (Å²) in [6.45, 7) is 4.24. The smallest absolute Gasteiger partial charge is 0.204 e. The van der Waals surface area contributed by atoms with Crippen LogP contribution in [0.25, 0.3) is 12.2 Å². The molecule has 28 heavy (non-hydrogen) atoms. The van der Waals surface area contributed by atoms with Gasteiger partial charge < -0.3 is 9.47 Å². The number of benzene rings is 2. The molecule has 2 aromatic rings. The molecule has 2 aromatic carbocycles. The van der Waals surface area contributed by atoms with Gasteiger partial charge in [-0.25, -0.2) is 17.6 Å². The van der Waals surface area contributed by atoms with Crippen molar-refractivity contribution in [2.75, 3.05) is 13.2 Å². The van der Waals surface area contributed by atoms with Crippen molar-refractivity contribution in [1.82, 2.24) is 0 Å². The van der Waals surface area contributed by atoms with E-state index in [9.17, 15) is 35.1 Å².